The first kappa shape index (κ1) is 18.3. The van der Waals surface area contributed by atoms with Gasteiger partial charge < -0.3 is 4.74 Å². The van der Waals surface area contributed by atoms with Gasteiger partial charge in [0.2, 0.25) is 0 Å². The largest absolute Gasteiger partial charge is 0.448 e. The van der Waals surface area contributed by atoms with Crippen LogP contribution in [0, 0.1) is 17.5 Å². The van der Waals surface area contributed by atoms with Crippen molar-refractivity contribution in [1.29, 1.82) is 0 Å². The van der Waals surface area contributed by atoms with Crippen LogP contribution in [-0.2, 0) is 4.74 Å². The van der Waals surface area contributed by atoms with Crippen LogP contribution < -0.4 is 16.4 Å². The van der Waals surface area contributed by atoms with E-state index in [0.717, 1.165) is 0 Å². The molecule has 1 aliphatic heterocycles. The Morgan fingerprint density at radius 1 is 1.25 bits per heavy atom. The lowest BCUT2D eigenvalue weighted by Gasteiger charge is -2.40. The van der Waals surface area contributed by atoms with E-state index in [1.807, 2.05) is 5.53 Å². The Kier molecular flexibility index (Phi) is 5.20. The van der Waals surface area contributed by atoms with E-state index in [1.165, 1.54) is 6.92 Å². The summed E-state index contributed by atoms with van der Waals surface area (Å²) >= 11 is 0. The van der Waals surface area contributed by atoms with E-state index in [9.17, 15) is 31.1 Å². The lowest BCUT2D eigenvalue weighted by Crippen LogP contribution is -2.71. The van der Waals surface area contributed by atoms with Crippen LogP contribution in [0.15, 0.2) is 12.1 Å². The van der Waals surface area contributed by atoms with Crippen LogP contribution in [0.1, 0.15) is 18.5 Å². The molecule has 0 saturated carbocycles. The summed E-state index contributed by atoms with van der Waals surface area (Å²) in [6.07, 6.45) is -5.94. The van der Waals surface area contributed by atoms with Gasteiger partial charge in [0.15, 0.2) is 17.5 Å². The molecular formula is C12H12F6N4O2. The lowest BCUT2D eigenvalue weighted by atomic mass is 9.99. The maximum Gasteiger partial charge on any atom is 0.440 e. The number of carbonyl (C=O) groups is 1. The highest BCUT2D eigenvalue weighted by Crippen LogP contribution is 2.32. The predicted molar refractivity (Wildman–Crippen MR) is 67.2 cm³/mol. The highest BCUT2D eigenvalue weighted by Gasteiger charge is 2.49. The molecule has 1 aliphatic rings. The SMILES string of the molecule is CCOC(=O)N1NNC(C(F)(F)F)C(c2cc(F)c(F)c(F)c2)N1. The van der Waals surface area contributed by atoms with Crippen molar-refractivity contribution < 1.29 is 35.9 Å². The van der Waals surface area contributed by atoms with Gasteiger partial charge >= 0.3 is 12.3 Å². The summed E-state index contributed by atoms with van der Waals surface area (Å²) in [6.45, 7) is 1.40. The maximum atomic E-state index is 13.3. The minimum atomic E-state index is -4.85. The molecule has 2 rings (SSSR count). The van der Waals surface area contributed by atoms with E-state index < -0.39 is 47.4 Å². The number of hydrazine groups is 3. The van der Waals surface area contributed by atoms with Crippen molar-refractivity contribution >= 4 is 6.09 Å². The van der Waals surface area contributed by atoms with Crippen LogP contribution in [0.3, 0.4) is 0 Å². The van der Waals surface area contributed by atoms with Gasteiger partial charge in [0.1, 0.15) is 6.04 Å². The summed E-state index contributed by atoms with van der Waals surface area (Å²) < 4.78 is 83.5. The van der Waals surface area contributed by atoms with Gasteiger partial charge in [0.25, 0.3) is 0 Å². The van der Waals surface area contributed by atoms with Crippen molar-refractivity contribution in [2.45, 2.75) is 25.2 Å². The van der Waals surface area contributed by atoms with Gasteiger partial charge in [-0.2, -0.15) is 18.3 Å². The van der Waals surface area contributed by atoms with Crippen molar-refractivity contribution in [1.82, 2.24) is 21.5 Å². The smallest absolute Gasteiger partial charge is 0.440 e. The number of nitrogens with zero attached hydrogens (tertiary/aromatic N) is 1. The average molecular weight is 358 g/mol. The Bertz CT molecular complexity index is 603. The van der Waals surface area contributed by atoms with Crippen LogP contribution >= 0.6 is 0 Å². The molecule has 1 aromatic rings. The summed E-state index contributed by atoms with van der Waals surface area (Å²) in [7, 11) is 0. The average Bonchev–Trinajstić information content (AvgIpc) is 2.51. The zero-order chi connectivity index (χ0) is 18.1. The normalized spacial score (nSPS) is 21.7. The first-order valence-electron chi connectivity index (χ1n) is 6.60. The van der Waals surface area contributed by atoms with Gasteiger partial charge in [0.05, 0.1) is 12.6 Å². The summed E-state index contributed by atoms with van der Waals surface area (Å²) in [6, 6.07) is -3.39. The molecule has 12 heteroatoms. The van der Waals surface area contributed by atoms with E-state index in [2.05, 4.69) is 10.2 Å². The van der Waals surface area contributed by atoms with Crippen LogP contribution in [0.2, 0.25) is 0 Å². The molecule has 0 bridgehead atoms. The predicted octanol–water partition coefficient (Wildman–Crippen LogP) is 2.06. The van der Waals surface area contributed by atoms with Crippen LogP contribution in [0.4, 0.5) is 31.1 Å². The van der Waals surface area contributed by atoms with E-state index in [4.69, 9.17) is 0 Å². The van der Waals surface area contributed by atoms with Crippen molar-refractivity contribution in [3.05, 3.63) is 35.1 Å². The molecule has 134 valence electrons. The Labute approximate surface area is 131 Å². The lowest BCUT2D eigenvalue weighted by molar-refractivity contribution is -0.187. The molecule has 1 saturated heterocycles. The van der Waals surface area contributed by atoms with E-state index in [-0.39, 0.29) is 6.61 Å². The number of amides is 1. The monoisotopic (exact) mass is 358 g/mol. The second-order valence-corrected chi connectivity index (χ2v) is 4.72. The van der Waals surface area contributed by atoms with Crippen molar-refractivity contribution in [3.63, 3.8) is 0 Å². The topological polar surface area (TPSA) is 65.6 Å². The quantitative estimate of drug-likeness (QED) is 0.558. The Hall–Kier alpha value is -2.05. The second kappa shape index (κ2) is 6.83. The third-order valence-corrected chi connectivity index (χ3v) is 3.10. The minimum absolute atomic E-state index is 0.0636. The fourth-order valence-corrected chi connectivity index (χ4v) is 2.04. The summed E-state index contributed by atoms with van der Waals surface area (Å²) in [5.74, 6) is -5.13. The molecule has 3 N–H and O–H groups in total. The van der Waals surface area contributed by atoms with E-state index in [1.54, 1.807) is 5.43 Å². The molecule has 24 heavy (non-hydrogen) atoms. The fourth-order valence-electron chi connectivity index (χ4n) is 2.04. The molecule has 2 atom stereocenters. The molecule has 0 spiro atoms. The van der Waals surface area contributed by atoms with Gasteiger partial charge in [0, 0.05) is 0 Å². The third kappa shape index (κ3) is 3.71. The second-order valence-electron chi connectivity index (χ2n) is 4.72. The number of carbonyl (C=O) groups excluding carboxylic acids is 1. The molecule has 6 nitrogen and oxygen atoms in total. The Balaban J connectivity index is 2.37. The number of nitrogens with one attached hydrogen (secondary N) is 3. The molecule has 0 aromatic heterocycles. The first-order chi connectivity index (χ1) is 11.1. The third-order valence-electron chi connectivity index (χ3n) is 3.10. The van der Waals surface area contributed by atoms with E-state index >= 15 is 0 Å². The maximum absolute atomic E-state index is 13.3. The van der Waals surface area contributed by atoms with Crippen LogP contribution in [0.25, 0.3) is 0 Å². The molecule has 1 fully saturated rings. The van der Waals surface area contributed by atoms with E-state index in [0.29, 0.717) is 17.3 Å². The number of halogens is 6. The van der Waals surface area contributed by atoms with Gasteiger partial charge in [-0.15, -0.1) is 5.53 Å². The number of rotatable bonds is 2. The standard InChI is InChI=1S/C12H12F6N4O2/c1-2-24-11(23)22-20-9(10(19-21-22)12(16,17)18)5-3-6(13)8(15)7(14)4-5/h3-4,9-10,19-21H,2H2,1H3. The van der Waals surface area contributed by atoms with Crippen LogP contribution in [0.5, 0.6) is 0 Å². The molecular weight excluding hydrogens is 346 g/mol. The molecule has 1 heterocycles. The van der Waals surface area contributed by atoms with Gasteiger partial charge in [-0.1, -0.05) is 0 Å². The molecule has 1 amide bonds. The highest BCUT2D eigenvalue weighted by molar-refractivity contribution is 5.66. The Morgan fingerprint density at radius 2 is 1.83 bits per heavy atom. The zero-order valence-electron chi connectivity index (χ0n) is 12.0. The molecule has 0 radical (unpaired) electrons. The molecule has 0 aliphatic carbocycles. The Morgan fingerprint density at radius 3 is 2.33 bits per heavy atom. The summed E-state index contributed by atoms with van der Waals surface area (Å²) in [5, 5.41) is 0.440. The molecule has 1 aromatic carbocycles. The summed E-state index contributed by atoms with van der Waals surface area (Å²) in [4.78, 5) is 11.6. The fraction of sp³-hybridized carbons (Fsp3) is 0.417. The number of hydrogen-bond donors (Lipinski definition) is 3. The number of alkyl halides is 3. The number of ether oxygens (including phenoxy) is 1. The zero-order valence-corrected chi connectivity index (χ0v) is 12.0. The number of benzene rings is 1. The van der Waals surface area contributed by atoms with Crippen molar-refractivity contribution in [3.8, 4) is 0 Å². The van der Waals surface area contributed by atoms with Crippen LogP contribution in [-0.4, -0.2) is 30.0 Å². The highest BCUT2D eigenvalue weighted by atomic mass is 19.4. The van der Waals surface area contributed by atoms with Crippen molar-refractivity contribution in [2.24, 2.45) is 0 Å². The van der Waals surface area contributed by atoms with Crippen molar-refractivity contribution in [2.75, 3.05) is 6.61 Å². The van der Waals surface area contributed by atoms with Gasteiger partial charge in [-0.05, 0) is 24.6 Å². The van der Waals surface area contributed by atoms with Gasteiger partial charge in [-0.25, -0.2) is 28.8 Å². The number of hydrogen-bond acceptors (Lipinski definition) is 5. The summed E-state index contributed by atoms with van der Waals surface area (Å²) in [5.41, 5.74) is 5.25. The molecule has 2 unspecified atom stereocenters. The van der Waals surface area contributed by atoms with Gasteiger partial charge in [-0.3, -0.25) is 0 Å². The minimum Gasteiger partial charge on any atom is -0.448 e. The first-order valence-corrected chi connectivity index (χ1v) is 6.60.